The smallest absolute Gasteiger partial charge is 0.0273 e. The summed E-state index contributed by atoms with van der Waals surface area (Å²) < 4.78 is 0. The van der Waals surface area contributed by atoms with E-state index in [0.29, 0.717) is 0 Å². The Morgan fingerprint density at radius 2 is 2.00 bits per heavy atom. The number of benzene rings is 1. The number of likely N-dealkylation sites (N-methyl/N-ethyl adjacent to an activating group) is 1. The zero-order valence-electron chi connectivity index (χ0n) is 9.31. The first-order chi connectivity index (χ1) is 7.90. The van der Waals surface area contributed by atoms with Crippen LogP contribution in [-0.2, 0) is 0 Å². The lowest BCUT2D eigenvalue weighted by atomic mass is 10.1. The summed E-state index contributed by atoms with van der Waals surface area (Å²) in [5.41, 5.74) is 2.58. The number of thiophene rings is 1. The van der Waals surface area contributed by atoms with Crippen LogP contribution in [0.25, 0.3) is 17.2 Å². The van der Waals surface area contributed by atoms with E-state index in [9.17, 15) is 0 Å². The van der Waals surface area contributed by atoms with Crippen molar-refractivity contribution in [3.8, 4) is 11.1 Å². The summed E-state index contributed by atoms with van der Waals surface area (Å²) in [5, 5.41) is 5.30. The van der Waals surface area contributed by atoms with E-state index in [4.69, 9.17) is 0 Å². The van der Waals surface area contributed by atoms with Crippen molar-refractivity contribution in [1.29, 1.82) is 0 Å². The molecule has 0 aliphatic heterocycles. The molecular formula is C14H15NS. The number of hydrogen-bond donors (Lipinski definition) is 1. The van der Waals surface area contributed by atoms with E-state index < -0.39 is 0 Å². The van der Waals surface area contributed by atoms with Crippen LogP contribution in [0.2, 0.25) is 0 Å². The number of nitrogens with one attached hydrogen (secondary N) is 1. The van der Waals surface area contributed by atoms with Crippen LogP contribution in [0.1, 0.15) is 4.88 Å². The molecule has 0 saturated carbocycles. The average molecular weight is 229 g/mol. The second kappa shape index (κ2) is 5.64. The molecule has 1 nitrogen and oxygen atoms in total. The Morgan fingerprint density at radius 3 is 2.75 bits per heavy atom. The maximum absolute atomic E-state index is 3.09. The maximum Gasteiger partial charge on any atom is 0.0273 e. The van der Waals surface area contributed by atoms with Crippen molar-refractivity contribution in [3.63, 3.8) is 0 Å². The fourth-order valence-corrected chi connectivity index (χ4v) is 2.35. The predicted octanol–water partition coefficient (Wildman–Crippen LogP) is 3.65. The van der Waals surface area contributed by atoms with Gasteiger partial charge in [-0.1, -0.05) is 36.4 Å². The third-order valence-corrected chi connectivity index (χ3v) is 3.23. The second-order valence-electron chi connectivity index (χ2n) is 3.56. The first kappa shape index (κ1) is 11.1. The monoisotopic (exact) mass is 229 g/mol. The zero-order valence-corrected chi connectivity index (χ0v) is 10.1. The standard InChI is InChI=1S/C14H15NS/c1-15-9-5-8-14-10-13(11-16-14)12-6-3-2-4-7-12/h2-8,10-11,15H,9H2,1H3. The van der Waals surface area contributed by atoms with Crippen molar-refractivity contribution in [2.75, 3.05) is 13.6 Å². The fourth-order valence-electron chi connectivity index (χ4n) is 1.52. The molecule has 0 radical (unpaired) electrons. The predicted molar refractivity (Wildman–Crippen MR) is 72.7 cm³/mol. The molecule has 0 bridgehead atoms. The minimum atomic E-state index is 0.915. The van der Waals surface area contributed by atoms with Crippen molar-refractivity contribution in [2.24, 2.45) is 0 Å². The quantitative estimate of drug-likeness (QED) is 0.844. The summed E-state index contributed by atoms with van der Waals surface area (Å²) in [4.78, 5) is 1.30. The van der Waals surface area contributed by atoms with Gasteiger partial charge in [-0.15, -0.1) is 11.3 Å². The van der Waals surface area contributed by atoms with E-state index in [-0.39, 0.29) is 0 Å². The third kappa shape index (κ3) is 2.81. The number of rotatable bonds is 4. The molecule has 2 aromatic rings. The van der Waals surface area contributed by atoms with Gasteiger partial charge in [0.05, 0.1) is 0 Å². The molecule has 82 valence electrons. The van der Waals surface area contributed by atoms with Crippen LogP contribution in [-0.4, -0.2) is 13.6 Å². The SMILES string of the molecule is CNCC=Cc1cc(-c2ccccc2)cs1. The van der Waals surface area contributed by atoms with Crippen LogP contribution < -0.4 is 5.32 Å². The third-order valence-electron chi connectivity index (χ3n) is 2.33. The van der Waals surface area contributed by atoms with E-state index >= 15 is 0 Å². The van der Waals surface area contributed by atoms with E-state index in [1.165, 1.54) is 16.0 Å². The summed E-state index contributed by atoms with van der Waals surface area (Å²) in [5.74, 6) is 0. The molecule has 0 amide bonds. The van der Waals surface area contributed by atoms with Gasteiger partial charge in [-0.3, -0.25) is 0 Å². The molecule has 0 atom stereocenters. The molecule has 2 heteroatoms. The van der Waals surface area contributed by atoms with Crippen molar-refractivity contribution in [3.05, 3.63) is 52.7 Å². The van der Waals surface area contributed by atoms with Gasteiger partial charge in [-0.2, -0.15) is 0 Å². The first-order valence-electron chi connectivity index (χ1n) is 5.35. The Morgan fingerprint density at radius 1 is 1.19 bits per heavy atom. The molecule has 0 aliphatic rings. The Hall–Kier alpha value is -1.38. The normalized spacial score (nSPS) is 11.1. The molecular weight excluding hydrogens is 214 g/mol. The molecule has 2 rings (SSSR count). The van der Waals surface area contributed by atoms with Gasteiger partial charge in [0.1, 0.15) is 0 Å². The Balaban J connectivity index is 2.14. The number of hydrogen-bond acceptors (Lipinski definition) is 2. The topological polar surface area (TPSA) is 12.0 Å². The van der Waals surface area contributed by atoms with E-state index in [2.05, 4.69) is 53.2 Å². The van der Waals surface area contributed by atoms with Gasteiger partial charge in [-0.05, 0) is 35.7 Å². The molecule has 0 fully saturated rings. The van der Waals surface area contributed by atoms with Crippen LogP contribution in [0, 0.1) is 0 Å². The summed E-state index contributed by atoms with van der Waals surface area (Å²) in [6.07, 6.45) is 4.30. The summed E-state index contributed by atoms with van der Waals surface area (Å²) in [7, 11) is 1.95. The highest BCUT2D eigenvalue weighted by atomic mass is 32.1. The highest BCUT2D eigenvalue weighted by Crippen LogP contribution is 2.25. The summed E-state index contributed by atoms with van der Waals surface area (Å²) >= 11 is 1.78. The molecule has 1 aromatic heterocycles. The van der Waals surface area contributed by atoms with Crippen LogP contribution in [0.15, 0.2) is 47.9 Å². The molecule has 1 heterocycles. The molecule has 1 N–H and O–H groups in total. The Kier molecular flexibility index (Phi) is 3.91. The highest BCUT2D eigenvalue weighted by molar-refractivity contribution is 7.11. The maximum atomic E-state index is 3.09. The van der Waals surface area contributed by atoms with Gasteiger partial charge in [0.2, 0.25) is 0 Å². The zero-order chi connectivity index (χ0) is 11.2. The van der Waals surface area contributed by atoms with Crippen molar-refractivity contribution < 1.29 is 0 Å². The lowest BCUT2D eigenvalue weighted by Gasteiger charge is -1.94. The lowest BCUT2D eigenvalue weighted by molar-refractivity contribution is 0.922. The van der Waals surface area contributed by atoms with Crippen LogP contribution in [0.4, 0.5) is 0 Å². The summed E-state index contributed by atoms with van der Waals surface area (Å²) in [6.45, 7) is 0.915. The molecule has 0 aliphatic carbocycles. The highest BCUT2D eigenvalue weighted by Gasteiger charge is 1.99. The minimum absolute atomic E-state index is 0.915. The molecule has 1 aromatic carbocycles. The lowest BCUT2D eigenvalue weighted by Crippen LogP contribution is -2.03. The summed E-state index contributed by atoms with van der Waals surface area (Å²) in [6, 6.07) is 12.7. The minimum Gasteiger partial charge on any atom is -0.316 e. The van der Waals surface area contributed by atoms with Crippen molar-refractivity contribution >= 4 is 17.4 Å². The van der Waals surface area contributed by atoms with Gasteiger partial charge >= 0.3 is 0 Å². The molecule has 0 unspecified atom stereocenters. The van der Waals surface area contributed by atoms with Crippen LogP contribution in [0.5, 0.6) is 0 Å². The molecule has 16 heavy (non-hydrogen) atoms. The molecule has 0 saturated heterocycles. The van der Waals surface area contributed by atoms with Crippen LogP contribution >= 0.6 is 11.3 Å². The van der Waals surface area contributed by atoms with E-state index in [1.54, 1.807) is 11.3 Å². The van der Waals surface area contributed by atoms with Gasteiger partial charge in [0, 0.05) is 11.4 Å². The van der Waals surface area contributed by atoms with Crippen molar-refractivity contribution in [2.45, 2.75) is 0 Å². The first-order valence-corrected chi connectivity index (χ1v) is 6.23. The molecule has 0 spiro atoms. The van der Waals surface area contributed by atoms with Gasteiger partial charge in [0.15, 0.2) is 0 Å². The van der Waals surface area contributed by atoms with E-state index in [0.717, 1.165) is 6.54 Å². The Labute approximate surface area is 100 Å². The van der Waals surface area contributed by atoms with Crippen LogP contribution in [0.3, 0.4) is 0 Å². The van der Waals surface area contributed by atoms with Gasteiger partial charge in [-0.25, -0.2) is 0 Å². The van der Waals surface area contributed by atoms with Gasteiger partial charge in [0.25, 0.3) is 0 Å². The fraction of sp³-hybridized carbons (Fsp3) is 0.143. The van der Waals surface area contributed by atoms with Crippen molar-refractivity contribution in [1.82, 2.24) is 5.32 Å². The second-order valence-corrected chi connectivity index (χ2v) is 4.51. The Bertz CT molecular complexity index is 457. The van der Waals surface area contributed by atoms with Gasteiger partial charge < -0.3 is 5.32 Å². The average Bonchev–Trinajstić information content (AvgIpc) is 2.79. The van der Waals surface area contributed by atoms with E-state index in [1.807, 2.05) is 13.1 Å². The largest absolute Gasteiger partial charge is 0.316 e.